The molecule has 1 fully saturated rings. The quantitative estimate of drug-likeness (QED) is 0.0712. The molecule has 2 aromatic rings. The molecule has 13 nitrogen and oxygen atoms in total. The molecule has 0 spiro atoms. The number of anilines is 1. The summed E-state index contributed by atoms with van der Waals surface area (Å²) in [5.74, 6) is 0.295. The van der Waals surface area contributed by atoms with E-state index in [9.17, 15) is 20.1 Å². The summed E-state index contributed by atoms with van der Waals surface area (Å²) in [7, 11) is -0.394. The van der Waals surface area contributed by atoms with Gasteiger partial charge >= 0.3 is 5.97 Å². The third kappa shape index (κ3) is 7.08. The average molecular weight is 522 g/mol. The Labute approximate surface area is 211 Å². The largest absolute Gasteiger partial charge is 0.481 e. The second-order valence-electron chi connectivity index (χ2n) is 8.76. The number of carbonyl (C=O) groups is 1. The molecule has 1 saturated heterocycles. The molecule has 14 heteroatoms. The van der Waals surface area contributed by atoms with Crippen LogP contribution in [0.3, 0.4) is 0 Å². The molecule has 2 aromatic heterocycles. The maximum absolute atomic E-state index is 11.5. The molecule has 0 amide bonds. The van der Waals surface area contributed by atoms with Gasteiger partial charge in [-0.3, -0.25) is 9.36 Å². The van der Waals surface area contributed by atoms with E-state index in [4.69, 9.17) is 16.0 Å². The first-order chi connectivity index (χ1) is 17.3. The smallest absolute Gasteiger partial charge is 0.310 e. The summed E-state index contributed by atoms with van der Waals surface area (Å²) >= 11 is 0. The number of rotatable bonds is 14. The number of aliphatic hydroxyl groups excluding tert-OH is 2. The number of aromatic nitrogens is 4. The first-order valence-corrected chi connectivity index (χ1v) is 13.5. The second-order valence-corrected chi connectivity index (χ2v) is 11.0. The second kappa shape index (κ2) is 13.4. The van der Waals surface area contributed by atoms with Crippen LogP contribution in [0.15, 0.2) is 29.9 Å². The molecule has 6 atom stereocenters. The molecule has 5 N–H and O–H groups in total. The molecule has 0 radical (unpaired) electrons. The van der Waals surface area contributed by atoms with Crippen molar-refractivity contribution in [1.82, 2.24) is 19.5 Å². The fraction of sp³-hybridized carbons (Fsp3) is 0.636. The Bertz CT molecular complexity index is 1090. The van der Waals surface area contributed by atoms with Crippen LogP contribution in [0.4, 0.5) is 5.82 Å². The number of nitrogens with zero attached hydrogens (tertiary/aromatic N) is 7. The van der Waals surface area contributed by atoms with Crippen molar-refractivity contribution in [3.63, 3.8) is 0 Å². The molecule has 0 aliphatic carbocycles. The van der Waals surface area contributed by atoms with Crippen LogP contribution in [0.2, 0.25) is 0 Å². The topological polar surface area (TPSA) is 205 Å². The van der Waals surface area contributed by atoms with E-state index >= 15 is 0 Å². The number of azide groups is 1. The molecule has 0 bridgehead atoms. The summed E-state index contributed by atoms with van der Waals surface area (Å²) in [6, 6.07) is 0. The highest BCUT2D eigenvalue weighted by atomic mass is 32.2. The lowest BCUT2D eigenvalue weighted by Gasteiger charge is -2.17. The van der Waals surface area contributed by atoms with Crippen LogP contribution in [0.1, 0.15) is 38.8 Å². The van der Waals surface area contributed by atoms with Crippen molar-refractivity contribution in [2.45, 2.75) is 57.1 Å². The molecule has 1 aliphatic rings. The van der Waals surface area contributed by atoms with Crippen LogP contribution in [-0.2, 0) is 20.4 Å². The minimum absolute atomic E-state index is 0.204. The number of aliphatic carboxylic acids is 1. The van der Waals surface area contributed by atoms with Crippen LogP contribution in [0.25, 0.3) is 21.6 Å². The third-order valence-corrected chi connectivity index (χ3v) is 8.43. The number of unbranched alkanes of at least 4 members (excludes halogenated alkanes) is 3. The van der Waals surface area contributed by atoms with E-state index in [1.165, 1.54) is 17.2 Å². The monoisotopic (exact) mass is 521 g/mol. The van der Waals surface area contributed by atoms with Gasteiger partial charge < -0.3 is 25.8 Å². The number of allylic oxidation sites excluding steroid dienone is 1. The van der Waals surface area contributed by atoms with E-state index in [0.717, 1.165) is 25.7 Å². The summed E-state index contributed by atoms with van der Waals surface area (Å²) in [5.41, 5.74) is 14.9. The van der Waals surface area contributed by atoms with Crippen molar-refractivity contribution >= 4 is 33.8 Å². The Morgan fingerprint density at radius 3 is 2.86 bits per heavy atom. The standard InChI is InChI=1S/C22H32N8O5S/c1-14(22(33)34)10-36(9-7-5-3-2-4-6-8-28-29-24)11-15-17(31)18(32)21(35-15)30-13-27-16-19(23)25-12-26-20(16)30/h5,7,12-15,17-18,21,31-32H,2-4,6,8-11H2,1H3,(H2-,23,25,26,33,34)/p+1/b7-5+/t14-,15+,17?,18-,21+,36?/m0/s1. The molecule has 3 rings (SSSR count). The summed E-state index contributed by atoms with van der Waals surface area (Å²) in [6.07, 6.45) is 6.57. The van der Waals surface area contributed by atoms with Crippen molar-refractivity contribution in [2.75, 3.05) is 29.5 Å². The molecule has 196 valence electrons. The van der Waals surface area contributed by atoms with Gasteiger partial charge in [0, 0.05) is 11.5 Å². The molecule has 0 aromatic carbocycles. The number of carboxylic acids is 1. The minimum Gasteiger partial charge on any atom is -0.481 e. The van der Waals surface area contributed by atoms with Crippen LogP contribution < -0.4 is 5.73 Å². The average Bonchev–Trinajstić information content (AvgIpc) is 3.40. The van der Waals surface area contributed by atoms with Gasteiger partial charge in [0.25, 0.3) is 0 Å². The van der Waals surface area contributed by atoms with Crippen molar-refractivity contribution in [3.05, 3.63) is 35.2 Å². The normalized spacial score (nSPS) is 23.6. The lowest BCUT2D eigenvalue weighted by Crippen LogP contribution is -2.37. The number of imidazole rings is 1. The van der Waals surface area contributed by atoms with E-state index in [-0.39, 0.29) is 5.82 Å². The predicted octanol–water partition coefficient (Wildman–Crippen LogP) is 1.79. The highest BCUT2D eigenvalue weighted by molar-refractivity contribution is 7.97. The van der Waals surface area contributed by atoms with E-state index in [0.29, 0.717) is 35.0 Å². The number of ether oxygens (including phenoxy) is 1. The van der Waals surface area contributed by atoms with Gasteiger partial charge in [-0.1, -0.05) is 17.6 Å². The van der Waals surface area contributed by atoms with E-state index in [1.807, 2.05) is 6.08 Å². The van der Waals surface area contributed by atoms with Crippen molar-refractivity contribution in [1.29, 1.82) is 0 Å². The molecule has 0 saturated carbocycles. The zero-order chi connectivity index (χ0) is 26.1. The molecule has 36 heavy (non-hydrogen) atoms. The van der Waals surface area contributed by atoms with Gasteiger partial charge in [-0.25, -0.2) is 15.0 Å². The Morgan fingerprint density at radius 1 is 1.31 bits per heavy atom. The minimum atomic E-state index is -1.22. The number of aliphatic hydroxyl groups is 2. The van der Waals surface area contributed by atoms with Crippen molar-refractivity contribution < 1.29 is 24.9 Å². The molecule has 1 aliphatic heterocycles. The Kier molecular flexibility index (Phi) is 10.3. The first kappa shape index (κ1) is 27.7. The predicted molar refractivity (Wildman–Crippen MR) is 136 cm³/mol. The number of fused-ring (bicyclic) bond motifs is 1. The van der Waals surface area contributed by atoms with Crippen LogP contribution in [0, 0.1) is 5.92 Å². The zero-order valence-electron chi connectivity index (χ0n) is 20.1. The zero-order valence-corrected chi connectivity index (χ0v) is 20.9. The van der Waals surface area contributed by atoms with Gasteiger partial charge in [-0.15, -0.1) is 0 Å². The fourth-order valence-electron chi connectivity index (χ4n) is 4.00. The lowest BCUT2D eigenvalue weighted by molar-refractivity contribution is -0.140. The van der Waals surface area contributed by atoms with Gasteiger partial charge in [0.1, 0.15) is 47.4 Å². The summed E-state index contributed by atoms with van der Waals surface area (Å²) in [6.45, 7) is 2.17. The number of carboxylic acid groups (broad SMARTS) is 1. The van der Waals surface area contributed by atoms with Gasteiger partial charge in [-0.2, -0.15) is 0 Å². The Morgan fingerprint density at radius 2 is 2.11 bits per heavy atom. The summed E-state index contributed by atoms with van der Waals surface area (Å²) in [5, 5.41) is 34.4. The van der Waals surface area contributed by atoms with Gasteiger partial charge in [0.2, 0.25) is 0 Å². The van der Waals surface area contributed by atoms with Crippen LogP contribution in [-0.4, -0.2) is 82.9 Å². The van der Waals surface area contributed by atoms with Crippen LogP contribution in [0.5, 0.6) is 0 Å². The van der Waals surface area contributed by atoms with E-state index in [2.05, 4.69) is 31.1 Å². The first-order valence-electron chi connectivity index (χ1n) is 11.8. The maximum atomic E-state index is 11.5. The Hall–Kier alpha value is -2.90. The SMILES string of the molecule is C[C@@H](C[S+](C/C=C/CCCCCN=[N+]=[N-])C[C@H]1O[C@@H](n2cnc3c(N)ncnc32)[C@@H](O)C1O)C(=O)O. The number of hydrogen-bond donors (Lipinski definition) is 4. The van der Waals surface area contributed by atoms with Crippen molar-refractivity contribution in [2.24, 2.45) is 11.0 Å². The van der Waals surface area contributed by atoms with Gasteiger partial charge in [-0.05, 0) is 48.7 Å². The molecular weight excluding hydrogens is 488 g/mol. The number of nitrogen functional groups attached to an aromatic ring is 1. The fourth-order valence-corrected chi connectivity index (χ4v) is 6.41. The lowest BCUT2D eigenvalue weighted by atomic mass is 10.1. The van der Waals surface area contributed by atoms with Gasteiger partial charge in [0.15, 0.2) is 17.7 Å². The molecule has 2 unspecified atom stereocenters. The third-order valence-electron chi connectivity index (χ3n) is 6.00. The van der Waals surface area contributed by atoms with Crippen LogP contribution >= 0.6 is 0 Å². The summed E-state index contributed by atoms with van der Waals surface area (Å²) < 4.78 is 7.59. The summed E-state index contributed by atoms with van der Waals surface area (Å²) in [4.78, 5) is 26.5. The van der Waals surface area contributed by atoms with E-state index in [1.54, 1.807) is 6.92 Å². The highest BCUT2D eigenvalue weighted by Crippen LogP contribution is 2.33. The Balaban J connectivity index is 1.62. The maximum Gasteiger partial charge on any atom is 0.310 e. The van der Waals surface area contributed by atoms with Gasteiger partial charge in [0.05, 0.1) is 12.2 Å². The van der Waals surface area contributed by atoms with Crippen molar-refractivity contribution in [3.8, 4) is 0 Å². The molecular formula is C22H33N8O5S+. The number of nitrogens with two attached hydrogens (primary N) is 1. The van der Waals surface area contributed by atoms with E-state index < -0.39 is 47.3 Å². The number of hydrogen-bond acceptors (Lipinski definition) is 9. The molecule has 3 heterocycles. The highest BCUT2D eigenvalue weighted by Gasteiger charge is 2.47.